The van der Waals surface area contributed by atoms with Crippen LogP contribution in [0.5, 0.6) is 40.2 Å². The summed E-state index contributed by atoms with van der Waals surface area (Å²) in [4.78, 5) is 23.5. The number of nitrogens with zero attached hydrogens (tertiary/aromatic N) is 1. The van der Waals surface area contributed by atoms with E-state index in [-0.39, 0.29) is 0 Å². The number of nitrogens with one attached hydrogen (secondary N) is 1. The van der Waals surface area contributed by atoms with Gasteiger partial charge in [-0.25, -0.2) is 10.2 Å². The standard InChI is InChI=1S/C21H24N2O7.C11H12O5/c1-25-17-9-13(10-18(26-2)20(17)28-4)12-22-23-21(24)19(27-3)14-5-6-15-16(11-14)30-8-7-29-15;1-14-10(11(12)13)7-2-3-8-9(6-7)16-5-4-15-8/h5-6,9-12,19H,7-8H2,1-4H3,(H,23,24);2-3,6,10H,4-5H2,1H3,(H,12,13)/b22-12+;. The van der Waals surface area contributed by atoms with Gasteiger partial charge in [0.05, 0.1) is 27.5 Å². The maximum absolute atomic E-state index is 12.6. The van der Waals surface area contributed by atoms with Gasteiger partial charge in [0, 0.05) is 19.8 Å². The molecule has 2 heterocycles. The molecule has 0 aromatic heterocycles. The number of hydrogen-bond acceptors (Lipinski definition) is 12. The lowest BCUT2D eigenvalue weighted by Crippen LogP contribution is -2.27. The smallest absolute Gasteiger partial charge is 0.337 e. The van der Waals surface area contributed by atoms with Gasteiger partial charge < -0.3 is 47.7 Å². The number of carboxylic acids is 1. The Bertz CT molecular complexity index is 1520. The number of ether oxygens (including phenoxy) is 9. The molecular weight excluding hydrogens is 604 g/mol. The number of methoxy groups -OCH3 is 5. The molecule has 2 aliphatic rings. The monoisotopic (exact) mass is 640 g/mol. The van der Waals surface area contributed by atoms with E-state index in [9.17, 15) is 9.59 Å². The van der Waals surface area contributed by atoms with Crippen LogP contribution in [0.2, 0.25) is 0 Å². The summed E-state index contributed by atoms with van der Waals surface area (Å²) in [5.41, 5.74) is 4.30. The SMILES string of the molecule is COC(C(=O)O)c1ccc2c(c1)OCCO2.COc1cc(/C=N/NC(=O)C(OC)c2ccc3c(c2)OCCO3)cc(OC)c1OC. The van der Waals surface area contributed by atoms with E-state index in [0.717, 1.165) is 0 Å². The Kier molecular flexibility index (Phi) is 11.9. The lowest BCUT2D eigenvalue weighted by atomic mass is 10.1. The summed E-state index contributed by atoms with van der Waals surface area (Å²) in [5.74, 6) is 2.39. The van der Waals surface area contributed by atoms with Crippen molar-refractivity contribution in [2.75, 3.05) is 62.0 Å². The van der Waals surface area contributed by atoms with E-state index in [1.165, 1.54) is 41.8 Å². The van der Waals surface area contributed by atoms with Gasteiger partial charge in [-0.3, -0.25) is 4.79 Å². The Labute approximate surface area is 265 Å². The maximum atomic E-state index is 12.6. The number of carbonyl (C=O) groups is 2. The van der Waals surface area contributed by atoms with E-state index < -0.39 is 24.1 Å². The van der Waals surface area contributed by atoms with Crippen molar-refractivity contribution in [2.24, 2.45) is 5.10 Å². The molecule has 0 saturated carbocycles. The number of hydrogen-bond donors (Lipinski definition) is 2. The minimum atomic E-state index is -1.03. The second-order valence-corrected chi connectivity index (χ2v) is 9.57. The van der Waals surface area contributed by atoms with E-state index in [1.54, 1.807) is 48.5 Å². The zero-order valence-corrected chi connectivity index (χ0v) is 26.1. The second kappa shape index (κ2) is 16.2. The maximum Gasteiger partial charge on any atom is 0.337 e. The van der Waals surface area contributed by atoms with Gasteiger partial charge in [0.2, 0.25) is 5.75 Å². The fourth-order valence-electron chi connectivity index (χ4n) is 4.62. The summed E-state index contributed by atoms with van der Waals surface area (Å²) in [5, 5.41) is 13.0. The summed E-state index contributed by atoms with van der Waals surface area (Å²) in [6.07, 6.45) is -0.368. The predicted molar refractivity (Wildman–Crippen MR) is 164 cm³/mol. The number of rotatable bonds is 11. The number of aliphatic carboxylic acids is 1. The molecular formula is C32H36N2O12. The van der Waals surface area contributed by atoms with Gasteiger partial charge in [0.25, 0.3) is 5.91 Å². The number of carbonyl (C=O) groups excluding carboxylic acids is 1. The molecule has 0 radical (unpaired) electrons. The van der Waals surface area contributed by atoms with Crippen LogP contribution in [-0.4, -0.2) is 85.2 Å². The number of fused-ring (bicyclic) bond motifs is 2. The van der Waals surface area contributed by atoms with Crippen LogP contribution in [0.1, 0.15) is 28.9 Å². The van der Waals surface area contributed by atoms with Crippen LogP contribution in [0.3, 0.4) is 0 Å². The topological polar surface area (TPSA) is 162 Å². The van der Waals surface area contributed by atoms with Crippen molar-refractivity contribution in [1.29, 1.82) is 0 Å². The number of carboxylic acid groups (broad SMARTS) is 1. The molecule has 46 heavy (non-hydrogen) atoms. The molecule has 0 bridgehead atoms. The quantitative estimate of drug-likeness (QED) is 0.232. The predicted octanol–water partition coefficient (Wildman–Crippen LogP) is 3.55. The second-order valence-electron chi connectivity index (χ2n) is 9.57. The van der Waals surface area contributed by atoms with Crippen LogP contribution in [0, 0.1) is 0 Å². The summed E-state index contributed by atoms with van der Waals surface area (Å²) in [6.45, 7) is 1.94. The molecule has 246 valence electrons. The highest BCUT2D eigenvalue weighted by atomic mass is 16.6. The average molecular weight is 641 g/mol. The molecule has 14 nitrogen and oxygen atoms in total. The highest BCUT2D eigenvalue weighted by molar-refractivity contribution is 5.86. The van der Waals surface area contributed by atoms with Crippen molar-refractivity contribution in [1.82, 2.24) is 5.43 Å². The summed E-state index contributed by atoms with van der Waals surface area (Å²) in [6, 6.07) is 13.7. The molecule has 3 aromatic rings. The molecule has 0 fully saturated rings. The number of amides is 1. The Hall–Kier alpha value is -5.21. The third kappa shape index (κ3) is 8.08. The van der Waals surface area contributed by atoms with Crippen molar-refractivity contribution in [3.63, 3.8) is 0 Å². The summed E-state index contributed by atoms with van der Waals surface area (Å²) >= 11 is 0. The average Bonchev–Trinajstić information content (AvgIpc) is 3.08. The molecule has 2 N–H and O–H groups in total. The van der Waals surface area contributed by atoms with Gasteiger partial charge in [-0.05, 0) is 47.5 Å². The number of hydrazone groups is 1. The van der Waals surface area contributed by atoms with E-state index in [2.05, 4.69) is 10.5 Å². The van der Waals surface area contributed by atoms with E-state index in [4.69, 9.17) is 47.7 Å². The van der Waals surface area contributed by atoms with Crippen molar-refractivity contribution in [2.45, 2.75) is 12.2 Å². The van der Waals surface area contributed by atoms with Crippen LogP contribution < -0.4 is 38.6 Å². The summed E-state index contributed by atoms with van der Waals surface area (Å²) < 4.78 is 47.9. The van der Waals surface area contributed by atoms with E-state index >= 15 is 0 Å². The third-order valence-corrected chi connectivity index (χ3v) is 6.75. The lowest BCUT2D eigenvalue weighted by molar-refractivity contribution is -0.148. The van der Waals surface area contributed by atoms with Gasteiger partial charge in [-0.2, -0.15) is 5.10 Å². The molecule has 1 amide bonds. The van der Waals surface area contributed by atoms with Crippen LogP contribution >= 0.6 is 0 Å². The normalized spacial score (nSPS) is 14.3. The Balaban J connectivity index is 0.000000252. The fraction of sp³-hybridized carbons (Fsp3) is 0.344. The Morgan fingerprint density at radius 3 is 1.63 bits per heavy atom. The van der Waals surface area contributed by atoms with Crippen molar-refractivity contribution in [3.05, 3.63) is 65.2 Å². The highest BCUT2D eigenvalue weighted by Crippen LogP contribution is 2.38. The number of benzene rings is 3. The Morgan fingerprint density at radius 1 is 0.717 bits per heavy atom. The fourth-order valence-corrected chi connectivity index (χ4v) is 4.62. The van der Waals surface area contributed by atoms with Crippen LogP contribution in [-0.2, 0) is 19.1 Å². The summed E-state index contributed by atoms with van der Waals surface area (Å²) in [7, 11) is 7.38. The zero-order chi connectivity index (χ0) is 33.1. The molecule has 14 heteroatoms. The van der Waals surface area contributed by atoms with Crippen LogP contribution in [0.25, 0.3) is 0 Å². The van der Waals surface area contributed by atoms with Gasteiger partial charge in [0.15, 0.2) is 46.7 Å². The van der Waals surface area contributed by atoms with E-state index in [1.807, 2.05) is 0 Å². The van der Waals surface area contributed by atoms with Gasteiger partial charge >= 0.3 is 5.97 Å². The first-order chi connectivity index (χ1) is 22.3. The molecule has 5 rings (SSSR count). The largest absolute Gasteiger partial charge is 0.493 e. The molecule has 2 aliphatic heterocycles. The minimum Gasteiger partial charge on any atom is -0.493 e. The van der Waals surface area contributed by atoms with E-state index in [0.29, 0.717) is 83.4 Å². The van der Waals surface area contributed by atoms with Crippen LogP contribution in [0.4, 0.5) is 0 Å². The molecule has 0 saturated heterocycles. The molecule has 0 spiro atoms. The lowest BCUT2D eigenvalue weighted by Gasteiger charge is -2.20. The Morgan fingerprint density at radius 2 is 1.20 bits per heavy atom. The first-order valence-corrected chi connectivity index (χ1v) is 14.0. The van der Waals surface area contributed by atoms with Crippen molar-refractivity contribution < 1.29 is 57.3 Å². The van der Waals surface area contributed by atoms with Gasteiger partial charge in [-0.1, -0.05) is 12.1 Å². The van der Waals surface area contributed by atoms with Crippen molar-refractivity contribution >= 4 is 18.1 Å². The minimum absolute atomic E-state index is 0.433. The molecule has 3 aromatic carbocycles. The van der Waals surface area contributed by atoms with Crippen molar-refractivity contribution in [3.8, 4) is 40.2 Å². The first kappa shape index (κ1) is 33.7. The zero-order valence-electron chi connectivity index (χ0n) is 26.1. The third-order valence-electron chi connectivity index (χ3n) is 6.75. The molecule has 0 aliphatic carbocycles. The highest BCUT2D eigenvalue weighted by Gasteiger charge is 2.24. The van der Waals surface area contributed by atoms with Gasteiger partial charge in [-0.15, -0.1) is 0 Å². The molecule has 2 unspecified atom stereocenters. The molecule has 2 atom stereocenters. The van der Waals surface area contributed by atoms with Crippen LogP contribution in [0.15, 0.2) is 53.6 Å². The first-order valence-electron chi connectivity index (χ1n) is 14.0. The van der Waals surface area contributed by atoms with Gasteiger partial charge in [0.1, 0.15) is 26.4 Å².